The molecular formula is C25H17Cl3N2O4. The van der Waals surface area contributed by atoms with Crippen LogP contribution in [0.25, 0.3) is 0 Å². The van der Waals surface area contributed by atoms with Crippen molar-refractivity contribution in [1.29, 1.82) is 0 Å². The number of benzene rings is 3. The Kier molecular flexibility index (Phi) is 6.66. The first-order valence-corrected chi connectivity index (χ1v) is 11.2. The molecule has 34 heavy (non-hydrogen) atoms. The van der Waals surface area contributed by atoms with Gasteiger partial charge in [-0.1, -0.05) is 53.0 Å². The molecule has 0 aromatic heterocycles. The van der Waals surface area contributed by atoms with Crippen molar-refractivity contribution in [3.63, 3.8) is 0 Å². The van der Waals surface area contributed by atoms with Gasteiger partial charge < -0.3 is 10.1 Å². The molecule has 1 aliphatic rings. The van der Waals surface area contributed by atoms with Gasteiger partial charge in [-0.15, -0.1) is 0 Å². The Morgan fingerprint density at radius 3 is 2.12 bits per heavy atom. The Hall–Kier alpha value is -3.32. The van der Waals surface area contributed by atoms with Crippen LogP contribution in [0.15, 0.2) is 71.4 Å². The van der Waals surface area contributed by atoms with Gasteiger partial charge in [0.05, 0.1) is 21.3 Å². The highest BCUT2D eigenvalue weighted by molar-refractivity contribution is 6.53. The third-order valence-corrected chi connectivity index (χ3v) is 6.27. The zero-order valence-electron chi connectivity index (χ0n) is 18.0. The van der Waals surface area contributed by atoms with Crippen molar-refractivity contribution in [2.24, 2.45) is 0 Å². The number of para-hydroxylation sites is 1. The summed E-state index contributed by atoms with van der Waals surface area (Å²) in [6.45, 7) is 3.72. The van der Waals surface area contributed by atoms with Gasteiger partial charge in [0.15, 0.2) is 0 Å². The second kappa shape index (κ2) is 9.50. The molecule has 9 heteroatoms. The first kappa shape index (κ1) is 23.8. The van der Waals surface area contributed by atoms with Crippen molar-refractivity contribution in [3.05, 3.63) is 98.1 Å². The standard InChI is InChI=1S/C25H17Cl3N2O4/c1-13-4-3-5-14(2)22(13)34-25(33)15-6-8-16(9-7-15)29-21-20(28)23(31)30(24(21)32)17-10-11-18(26)19(27)12-17/h3-12,29H,1-2H3. The molecule has 2 amide bonds. The zero-order valence-corrected chi connectivity index (χ0v) is 20.3. The van der Waals surface area contributed by atoms with Gasteiger partial charge in [0.1, 0.15) is 16.5 Å². The summed E-state index contributed by atoms with van der Waals surface area (Å²) in [7, 11) is 0. The number of hydrogen-bond acceptors (Lipinski definition) is 5. The molecule has 1 aliphatic heterocycles. The van der Waals surface area contributed by atoms with E-state index >= 15 is 0 Å². The van der Waals surface area contributed by atoms with Gasteiger partial charge in [-0.25, -0.2) is 9.69 Å². The fourth-order valence-electron chi connectivity index (χ4n) is 3.42. The van der Waals surface area contributed by atoms with Crippen LogP contribution >= 0.6 is 34.8 Å². The topological polar surface area (TPSA) is 75.7 Å². The Morgan fingerprint density at radius 2 is 1.50 bits per heavy atom. The summed E-state index contributed by atoms with van der Waals surface area (Å²) in [5, 5.41) is 3.07. The lowest BCUT2D eigenvalue weighted by atomic mass is 10.1. The molecule has 0 radical (unpaired) electrons. The van der Waals surface area contributed by atoms with Crippen LogP contribution in [0.5, 0.6) is 5.75 Å². The highest BCUT2D eigenvalue weighted by Crippen LogP contribution is 2.33. The van der Waals surface area contributed by atoms with E-state index in [1.54, 1.807) is 24.3 Å². The number of carbonyl (C=O) groups is 3. The van der Waals surface area contributed by atoms with Crippen LogP contribution in [0.4, 0.5) is 11.4 Å². The number of nitrogens with zero attached hydrogens (tertiary/aromatic N) is 1. The SMILES string of the molecule is Cc1cccc(C)c1OC(=O)c1ccc(NC2=C(Cl)C(=O)N(c3ccc(Cl)c(Cl)c3)C2=O)cc1. The Morgan fingerprint density at radius 1 is 0.853 bits per heavy atom. The van der Waals surface area contributed by atoms with E-state index in [9.17, 15) is 14.4 Å². The minimum atomic E-state index is -0.693. The summed E-state index contributed by atoms with van der Waals surface area (Å²) in [6.07, 6.45) is 0. The number of carbonyl (C=O) groups excluding carboxylic acids is 3. The first-order chi connectivity index (χ1) is 16.2. The predicted molar refractivity (Wildman–Crippen MR) is 133 cm³/mol. The Balaban J connectivity index is 1.50. The molecule has 0 bridgehead atoms. The minimum absolute atomic E-state index is 0.0939. The molecule has 172 valence electrons. The maximum atomic E-state index is 12.9. The quantitative estimate of drug-likeness (QED) is 0.246. The van der Waals surface area contributed by atoms with E-state index in [-0.39, 0.29) is 26.5 Å². The predicted octanol–water partition coefficient (Wildman–Crippen LogP) is 6.27. The molecule has 0 unspecified atom stereocenters. The third kappa shape index (κ3) is 4.53. The van der Waals surface area contributed by atoms with Crippen LogP contribution in [0, 0.1) is 13.8 Å². The van der Waals surface area contributed by atoms with E-state index in [1.807, 2.05) is 32.0 Å². The summed E-state index contributed by atoms with van der Waals surface area (Å²) < 4.78 is 5.55. The number of hydrogen-bond donors (Lipinski definition) is 1. The Labute approximate surface area is 210 Å². The summed E-state index contributed by atoms with van der Waals surface area (Å²) in [4.78, 5) is 39.0. The molecule has 0 saturated heterocycles. The second-order valence-electron chi connectivity index (χ2n) is 7.55. The first-order valence-electron chi connectivity index (χ1n) is 10.1. The maximum absolute atomic E-state index is 12.9. The van der Waals surface area contributed by atoms with E-state index in [1.165, 1.54) is 18.2 Å². The van der Waals surface area contributed by atoms with Crippen LogP contribution in [-0.2, 0) is 9.59 Å². The number of esters is 1. The van der Waals surface area contributed by atoms with E-state index in [0.29, 0.717) is 17.0 Å². The van der Waals surface area contributed by atoms with E-state index in [4.69, 9.17) is 39.5 Å². The molecule has 0 saturated carbocycles. The molecule has 0 aliphatic carbocycles. The molecule has 0 fully saturated rings. The number of ether oxygens (including phenoxy) is 1. The van der Waals surface area contributed by atoms with Gasteiger partial charge in [0.25, 0.3) is 11.8 Å². The van der Waals surface area contributed by atoms with Gasteiger partial charge >= 0.3 is 5.97 Å². The largest absolute Gasteiger partial charge is 0.422 e. The highest BCUT2D eigenvalue weighted by atomic mass is 35.5. The number of halogens is 3. The van der Waals surface area contributed by atoms with Gasteiger partial charge in [-0.05, 0) is 67.4 Å². The second-order valence-corrected chi connectivity index (χ2v) is 8.74. The zero-order chi connectivity index (χ0) is 24.6. The molecule has 0 atom stereocenters. The molecule has 1 heterocycles. The van der Waals surface area contributed by atoms with E-state index < -0.39 is 17.8 Å². The highest BCUT2D eigenvalue weighted by Gasteiger charge is 2.39. The monoisotopic (exact) mass is 514 g/mol. The van der Waals surface area contributed by atoms with Gasteiger partial charge in [-0.3, -0.25) is 9.59 Å². The van der Waals surface area contributed by atoms with Crippen LogP contribution in [0.3, 0.4) is 0 Å². The average Bonchev–Trinajstić information content (AvgIpc) is 3.02. The van der Waals surface area contributed by atoms with Crippen molar-refractivity contribution < 1.29 is 19.1 Å². The van der Waals surface area contributed by atoms with Gasteiger partial charge in [0.2, 0.25) is 0 Å². The van der Waals surface area contributed by atoms with Crippen molar-refractivity contribution >= 4 is 64.0 Å². The maximum Gasteiger partial charge on any atom is 0.343 e. The summed E-state index contributed by atoms with van der Waals surface area (Å²) in [5.74, 6) is -1.34. The smallest absolute Gasteiger partial charge is 0.343 e. The van der Waals surface area contributed by atoms with Gasteiger partial charge in [-0.2, -0.15) is 0 Å². The van der Waals surface area contributed by atoms with Crippen LogP contribution < -0.4 is 15.0 Å². The van der Waals surface area contributed by atoms with E-state index in [2.05, 4.69) is 5.32 Å². The number of amides is 2. The van der Waals surface area contributed by atoms with Crippen molar-refractivity contribution in [2.45, 2.75) is 13.8 Å². The lowest BCUT2D eigenvalue weighted by Crippen LogP contribution is -2.32. The normalized spacial score (nSPS) is 13.5. The fraction of sp³-hybridized carbons (Fsp3) is 0.0800. The summed E-state index contributed by atoms with van der Waals surface area (Å²) in [5.41, 5.74) is 2.62. The average molecular weight is 516 g/mol. The lowest BCUT2D eigenvalue weighted by molar-refractivity contribution is -0.120. The molecule has 3 aromatic rings. The molecule has 1 N–H and O–H groups in total. The van der Waals surface area contributed by atoms with Crippen molar-refractivity contribution in [1.82, 2.24) is 0 Å². The number of anilines is 2. The Bertz CT molecular complexity index is 1350. The molecule has 6 nitrogen and oxygen atoms in total. The fourth-order valence-corrected chi connectivity index (χ4v) is 3.92. The van der Waals surface area contributed by atoms with Gasteiger partial charge in [0, 0.05) is 5.69 Å². The number of nitrogens with one attached hydrogen (secondary N) is 1. The minimum Gasteiger partial charge on any atom is -0.422 e. The van der Waals surface area contributed by atoms with E-state index in [0.717, 1.165) is 16.0 Å². The van der Waals surface area contributed by atoms with Crippen molar-refractivity contribution in [2.75, 3.05) is 10.2 Å². The number of aryl methyl sites for hydroxylation is 2. The summed E-state index contributed by atoms with van der Waals surface area (Å²) >= 11 is 18.1. The molecule has 4 rings (SSSR count). The summed E-state index contributed by atoms with van der Waals surface area (Å²) in [6, 6.07) is 16.3. The number of rotatable bonds is 5. The van der Waals surface area contributed by atoms with Crippen LogP contribution in [0.2, 0.25) is 10.0 Å². The molecular weight excluding hydrogens is 499 g/mol. The van der Waals surface area contributed by atoms with Crippen LogP contribution in [-0.4, -0.2) is 17.8 Å². The third-order valence-electron chi connectivity index (χ3n) is 5.18. The lowest BCUT2D eigenvalue weighted by Gasteiger charge is -2.15. The number of imide groups is 1. The van der Waals surface area contributed by atoms with Crippen molar-refractivity contribution in [3.8, 4) is 5.75 Å². The van der Waals surface area contributed by atoms with Crippen LogP contribution in [0.1, 0.15) is 21.5 Å². The molecule has 0 spiro atoms. The molecule has 3 aromatic carbocycles.